The summed E-state index contributed by atoms with van der Waals surface area (Å²) in [5.41, 5.74) is 2.16. The third kappa shape index (κ3) is 4.40. The van der Waals surface area contributed by atoms with Crippen molar-refractivity contribution in [1.82, 2.24) is 14.4 Å². The summed E-state index contributed by atoms with van der Waals surface area (Å²) in [4.78, 5) is 3.60. The second-order valence-electron chi connectivity index (χ2n) is 3.42. The minimum Gasteiger partial charge on any atom is -0.307 e. The molecular weight excluding hydrogens is 294 g/mol. The molecule has 19 heavy (non-hydrogen) atoms. The van der Waals surface area contributed by atoms with Gasteiger partial charge in [-0.05, 0) is 19.2 Å². The van der Waals surface area contributed by atoms with Gasteiger partial charge in [-0.3, -0.25) is 0 Å². The van der Waals surface area contributed by atoms with Gasteiger partial charge in [-0.15, -0.1) is 0 Å². The molecule has 0 radical (unpaired) electrons. The van der Waals surface area contributed by atoms with Crippen LogP contribution in [0.1, 0.15) is 0 Å². The van der Waals surface area contributed by atoms with Gasteiger partial charge in [-0.1, -0.05) is 0 Å². The molecule has 1 heterocycles. The molecule has 0 bridgehead atoms. The molecule has 0 unspecified atom stereocenters. The van der Waals surface area contributed by atoms with E-state index in [0.29, 0.717) is 0 Å². The highest BCUT2D eigenvalue weighted by molar-refractivity contribution is 7.90. The van der Waals surface area contributed by atoms with Crippen molar-refractivity contribution in [3.05, 3.63) is 18.3 Å². The van der Waals surface area contributed by atoms with E-state index in [1.807, 2.05) is 0 Å². The number of hydrazine groups is 1. The SMILES string of the molecule is CNS(=O)(=O)CCNS(=O)(=O)c1cccnc1NN. The third-order valence-electron chi connectivity index (χ3n) is 2.17. The number of nitrogens with one attached hydrogen (secondary N) is 3. The predicted molar refractivity (Wildman–Crippen MR) is 70.1 cm³/mol. The zero-order valence-corrected chi connectivity index (χ0v) is 11.8. The lowest BCUT2D eigenvalue weighted by atomic mass is 10.5. The Hall–Kier alpha value is -1.27. The van der Waals surface area contributed by atoms with Crippen molar-refractivity contribution in [1.29, 1.82) is 0 Å². The number of nitrogen functional groups attached to an aromatic ring is 1. The van der Waals surface area contributed by atoms with Crippen LogP contribution in [0, 0.1) is 0 Å². The molecule has 0 aliphatic rings. The Kier molecular flexibility index (Phi) is 5.20. The van der Waals surface area contributed by atoms with Crippen LogP contribution in [-0.2, 0) is 20.0 Å². The monoisotopic (exact) mass is 309 g/mol. The maximum absolute atomic E-state index is 11.9. The fourth-order valence-electron chi connectivity index (χ4n) is 1.21. The lowest BCUT2D eigenvalue weighted by Crippen LogP contribution is -2.33. The average molecular weight is 309 g/mol. The van der Waals surface area contributed by atoms with Crippen molar-refractivity contribution in [2.24, 2.45) is 5.84 Å². The number of pyridine rings is 1. The first-order valence-electron chi connectivity index (χ1n) is 5.15. The Bertz CT molecular complexity index is 628. The van der Waals surface area contributed by atoms with E-state index in [9.17, 15) is 16.8 Å². The Morgan fingerprint density at radius 1 is 1.32 bits per heavy atom. The summed E-state index contributed by atoms with van der Waals surface area (Å²) in [5, 5.41) is 0. The fraction of sp³-hybridized carbons (Fsp3) is 0.375. The first-order chi connectivity index (χ1) is 8.82. The van der Waals surface area contributed by atoms with Gasteiger partial charge in [-0.25, -0.2) is 37.1 Å². The molecule has 0 fully saturated rings. The van der Waals surface area contributed by atoms with Crippen molar-refractivity contribution in [3.8, 4) is 0 Å². The molecule has 0 amide bonds. The van der Waals surface area contributed by atoms with Gasteiger partial charge >= 0.3 is 0 Å². The van der Waals surface area contributed by atoms with Crippen LogP contribution >= 0.6 is 0 Å². The zero-order chi connectivity index (χ0) is 14.5. The molecule has 0 spiro atoms. The van der Waals surface area contributed by atoms with E-state index in [0.717, 1.165) is 0 Å². The highest BCUT2D eigenvalue weighted by atomic mass is 32.2. The molecule has 108 valence electrons. The number of sulfonamides is 2. The Morgan fingerprint density at radius 3 is 2.58 bits per heavy atom. The maximum Gasteiger partial charge on any atom is 0.244 e. The summed E-state index contributed by atoms with van der Waals surface area (Å²) in [5.74, 6) is 4.77. The van der Waals surface area contributed by atoms with Gasteiger partial charge in [-0.2, -0.15) is 0 Å². The Labute approximate surface area is 111 Å². The molecule has 9 nitrogen and oxygen atoms in total. The number of hydrogen-bond donors (Lipinski definition) is 4. The summed E-state index contributed by atoms with van der Waals surface area (Å²) in [6.07, 6.45) is 1.37. The molecule has 1 aromatic heterocycles. The van der Waals surface area contributed by atoms with Gasteiger partial charge in [0, 0.05) is 12.7 Å². The van der Waals surface area contributed by atoms with Gasteiger partial charge < -0.3 is 5.43 Å². The summed E-state index contributed by atoms with van der Waals surface area (Å²) in [6.45, 7) is -0.260. The number of rotatable bonds is 7. The molecule has 0 saturated heterocycles. The highest BCUT2D eigenvalue weighted by Crippen LogP contribution is 2.16. The maximum atomic E-state index is 11.9. The molecule has 1 aromatic rings. The van der Waals surface area contributed by atoms with Crippen LogP contribution in [0.2, 0.25) is 0 Å². The van der Waals surface area contributed by atoms with Crippen molar-refractivity contribution in [2.75, 3.05) is 24.8 Å². The standard InChI is InChI=1S/C8H15N5O4S2/c1-10-18(14,15)6-5-12-19(16,17)7-3-2-4-11-8(7)13-9/h2-4,10,12H,5-6,9H2,1H3,(H,11,13). The molecular formula is C8H15N5O4S2. The minimum atomic E-state index is -3.88. The van der Waals surface area contributed by atoms with Gasteiger partial charge in [0.15, 0.2) is 5.82 Å². The van der Waals surface area contributed by atoms with E-state index in [1.165, 1.54) is 25.4 Å². The second kappa shape index (κ2) is 6.25. The topological polar surface area (TPSA) is 143 Å². The summed E-state index contributed by atoms with van der Waals surface area (Å²) in [7, 11) is -6.10. The van der Waals surface area contributed by atoms with Crippen LogP contribution in [0.4, 0.5) is 5.82 Å². The Balaban J connectivity index is 2.82. The van der Waals surface area contributed by atoms with E-state index in [1.54, 1.807) is 0 Å². The average Bonchev–Trinajstić information content (AvgIpc) is 2.38. The van der Waals surface area contributed by atoms with Crippen molar-refractivity contribution >= 4 is 25.9 Å². The van der Waals surface area contributed by atoms with E-state index < -0.39 is 20.0 Å². The first kappa shape index (κ1) is 15.8. The van der Waals surface area contributed by atoms with Crippen molar-refractivity contribution < 1.29 is 16.8 Å². The van der Waals surface area contributed by atoms with Crippen LogP contribution in [0.25, 0.3) is 0 Å². The van der Waals surface area contributed by atoms with Gasteiger partial charge in [0.25, 0.3) is 0 Å². The van der Waals surface area contributed by atoms with Crippen LogP contribution in [0.3, 0.4) is 0 Å². The molecule has 0 atom stereocenters. The number of nitrogens with zero attached hydrogens (tertiary/aromatic N) is 1. The summed E-state index contributed by atoms with van der Waals surface area (Å²) < 4.78 is 50.4. The molecule has 0 saturated carbocycles. The zero-order valence-electron chi connectivity index (χ0n) is 10.1. The Morgan fingerprint density at radius 2 is 2.00 bits per heavy atom. The summed E-state index contributed by atoms with van der Waals surface area (Å²) >= 11 is 0. The van der Waals surface area contributed by atoms with Crippen molar-refractivity contribution in [3.63, 3.8) is 0 Å². The molecule has 11 heteroatoms. The van der Waals surface area contributed by atoms with Gasteiger partial charge in [0.1, 0.15) is 4.90 Å². The van der Waals surface area contributed by atoms with E-state index in [-0.39, 0.29) is 23.0 Å². The van der Waals surface area contributed by atoms with Crippen LogP contribution in [0.15, 0.2) is 23.2 Å². The smallest absolute Gasteiger partial charge is 0.244 e. The molecule has 1 rings (SSSR count). The normalized spacial score (nSPS) is 12.3. The highest BCUT2D eigenvalue weighted by Gasteiger charge is 2.19. The lowest BCUT2D eigenvalue weighted by Gasteiger charge is -2.09. The predicted octanol–water partition coefficient (Wildman–Crippen LogP) is -1.81. The van der Waals surface area contributed by atoms with E-state index >= 15 is 0 Å². The van der Waals surface area contributed by atoms with E-state index in [4.69, 9.17) is 5.84 Å². The quantitative estimate of drug-likeness (QED) is 0.343. The molecule has 0 aliphatic carbocycles. The molecule has 5 N–H and O–H groups in total. The van der Waals surface area contributed by atoms with Gasteiger partial charge in [0.05, 0.1) is 5.75 Å². The largest absolute Gasteiger partial charge is 0.307 e. The second-order valence-corrected chi connectivity index (χ2v) is 7.20. The van der Waals surface area contributed by atoms with Crippen LogP contribution < -0.4 is 20.7 Å². The molecule has 0 aliphatic heterocycles. The van der Waals surface area contributed by atoms with Crippen LogP contribution in [0.5, 0.6) is 0 Å². The minimum absolute atomic E-state index is 0.0218. The first-order valence-corrected chi connectivity index (χ1v) is 8.28. The number of aromatic nitrogens is 1. The number of nitrogens with two attached hydrogens (primary N) is 1. The van der Waals surface area contributed by atoms with Gasteiger partial charge in [0.2, 0.25) is 20.0 Å². The lowest BCUT2D eigenvalue weighted by molar-refractivity contribution is 0.578. The third-order valence-corrected chi connectivity index (χ3v) is 5.03. The summed E-state index contributed by atoms with van der Waals surface area (Å²) in [6, 6.07) is 2.73. The molecule has 0 aromatic carbocycles. The van der Waals surface area contributed by atoms with Crippen molar-refractivity contribution in [2.45, 2.75) is 4.90 Å². The number of anilines is 1. The number of hydrogen-bond acceptors (Lipinski definition) is 7. The fourth-order valence-corrected chi connectivity index (χ4v) is 3.06. The van der Waals surface area contributed by atoms with E-state index in [2.05, 4.69) is 19.9 Å². The van der Waals surface area contributed by atoms with Crippen LogP contribution in [-0.4, -0.2) is 41.2 Å².